The number of aryl methyl sites for hydroxylation is 1. The molecule has 0 bridgehead atoms. The molecule has 7 heteroatoms. The number of aromatic carboxylic acids is 1. The quantitative estimate of drug-likeness (QED) is 0.787. The van der Waals surface area contributed by atoms with Crippen molar-refractivity contribution in [2.24, 2.45) is 0 Å². The third-order valence-electron chi connectivity index (χ3n) is 3.82. The van der Waals surface area contributed by atoms with Gasteiger partial charge < -0.3 is 5.11 Å². The van der Waals surface area contributed by atoms with Gasteiger partial charge in [-0.2, -0.15) is 0 Å². The van der Waals surface area contributed by atoms with Crippen LogP contribution < -0.4 is 4.72 Å². The highest BCUT2D eigenvalue weighted by Crippen LogP contribution is 2.17. The zero-order valence-corrected chi connectivity index (χ0v) is 14.7. The molecule has 0 saturated heterocycles. The summed E-state index contributed by atoms with van der Waals surface area (Å²) in [5, 5.41) is 9.15. The molecule has 132 valence electrons. The van der Waals surface area contributed by atoms with Gasteiger partial charge in [-0.3, -0.25) is 4.79 Å². The largest absolute Gasteiger partial charge is 0.478 e. The Hall–Kier alpha value is -2.51. The maximum atomic E-state index is 12.6. The first-order valence-corrected chi connectivity index (χ1v) is 9.09. The topological polar surface area (TPSA) is 101 Å². The molecular formula is C18H19NO5S. The van der Waals surface area contributed by atoms with Crippen molar-refractivity contribution in [3.63, 3.8) is 0 Å². The number of rotatable bonds is 7. The van der Waals surface area contributed by atoms with E-state index in [1.165, 1.54) is 19.1 Å². The molecule has 0 saturated carbocycles. The number of ketones is 1. The summed E-state index contributed by atoms with van der Waals surface area (Å²) < 4.78 is 27.5. The highest BCUT2D eigenvalue weighted by atomic mass is 32.2. The van der Waals surface area contributed by atoms with Crippen molar-refractivity contribution in [3.05, 3.63) is 65.2 Å². The standard InChI is InChI=1S/C18H19NO5S/c1-12-8-9-15(11-16(12)18(21)22)25(23,24)19-17(13(2)20)10-14-6-4-3-5-7-14/h3-9,11,17,19H,10H2,1-2H3,(H,21,22). The number of carbonyl (C=O) groups excluding carboxylic acids is 1. The van der Waals surface area contributed by atoms with Crippen molar-refractivity contribution in [3.8, 4) is 0 Å². The fourth-order valence-electron chi connectivity index (χ4n) is 2.37. The molecule has 1 unspecified atom stereocenters. The second kappa shape index (κ2) is 7.58. The van der Waals surface area contributed by atoms with Crippen LogP contribution in [0.5, 0.6) is 0 Å². The number of hydrogen-bond donors (Lipinski definition) is 2. The van der Waals surface area contributed by atoms with Gasteiger partial charge in [0.15, 0.2) is 0 Å². The summed E-state index contributed by atoms with van der Waals surface area (Å²) in [6.45, 7) is 2.90. The molecule has 0 aliphatic carbocycles. The summed E-state index contributed by atoms with van der Waals surface area (Å²) in [5.74, 6) is -1.53. The smallest absolute Gasteiger partial charge is 0.335 e. The molecule has 2 aromatic carbocycles. The van der Waals surface area contributed by atoms with Crippen LogP contribution in [0, 0.1) is 6.92 Å². The van der Waals surface area contributed by atoms with Crippen molar-refractivity contribution in [1.29, 1.82) is 0 Å². The molecule has 2 aromatic rings. The van der Waals surface area contributed by atoms with E-state index in [1.54, 1.807) is 31.2 Å². The zero-order valence-electron chi connectivity index (χ0n) is 13.9. The first kappa shape index (κ1) is 18.8. The number of sulfonamides is 1. The molecule has 1 atom stereocenters. The van der Waals surface area contributed by atoms with E-state index in [0.717, 1.165) is 11.6 Å². The minimum absolute atomic E-state index is 0.0923. The van der Waals surface area contributed by atoms with Gasteiger partial charge in [0.2, 0.25) is 10.0 Å². The van der Waals surface area contributed by atoms with Crippen LogP contribution >= 0.6 is 0 Å². The second-order valence-electron chi connectivity index (χ2n) is 5.76. The summed E-state index contributed by atoms with van der Waals surface area (Å²) in [7, 11) is -4.03. The Kier molecular flexibility index (Phi) is 5.71. The first-order valence-electron chi connectivity index (χ1n) is 7.61. The van der Waals surface area contributed by atoms with E-state index < -0.39 is 22.0 Å². The van der Waals surface area contributed by atoms with Gasteiger partial charge in [0, 0.05) is 0 Å². The van der Waals surface area contributed by atoms with E-state index in [-0.39, 0.29) is 22.7 Å². The Morgan fingerprint density at radius 2 is 1.76 bits per heavy atom. The van der Waals surface area contributed by atoms with Gasteiger partial charge in [-0.1, -0.05) is 36.4 Å². The molecule has 0 fully saturated rings. The maximum Gasteiger partial charge on any atom is 0.335 e. The normalized spacial score (nSPS) is 12.6. The van der Waals surface area contributed by atoms with Gasteiger partial charge in [-0.15, -0.1) is 0 Å². The van der Waals surface area contributed by atoms with E-state index in [4.69, 9.17) is 5.11 Å². The SMILES string of the molecule is CC(=O)C(Cc1ccccc1)NS(=O)(=O)c1ccc(C)c(C(=O)O)c1. The number of nitrogens with one attached hydrogen (secondary N) is 1. The van der Waals surface area contributed by atoms with Gasteiger partial charge >= 0.3 is 5.97 Å². The van der Waals surface area contributed by atoms with Crippen LogP contribution in [-0.4, -0.2) is 31.3 Å². The number of hydrogen-bond acceptors (Lipinski definition) is 4. The maximum absolute atomic E-state index is 12.6. The third-order valence-corrected chi connectivity index (χ3v) is 5.29. The Morgan fingerprint density at radius 3 is 2.32 bits per heavy atom. The van der Waals surface area contributed by atoms with E-state index in [9.17, 15) is 18.0 Å². The predicted molar refractivity (Wildman–Crippen MR) is 93.1 cm³/mol. The predicted octanol–water partition coefficient (Wildman–Crippen LogP) is 2.17. The lowest BCUT2D eigenvalue weighted by atomic mass is 10.0. The highest BCUT2D eigenvalue weighted by molar-refractivity contribution is 7.89. The molecule has 0 aliphatic rings. The van der Waals surface area contributed by atoms with Crippen LogP contribution in [0.25, 0.3) is 0 Å². The summed E-state index contributed by atoms with van der Waals surface area (Å²) >= 11 is 0. The molecule has 0 aromatic heterocycles. The molecule has 0 radical (unpaired) electrons. The van der Waals surface area contributed by atoms with Crippen LogP contribution in [0.15, 0.2) is 53.4 Å². The van der Waals surface area contributed by atoms with E-state index >= 15 is 0 Å². The van der Waals surface area contributed by atoms with Crippen molar-refractivity contribution < 1.29 is 23.1 Å². The molecule has 6 nitrogen and oxygen atoms in total. The lowest BCUT2D eigenvalue weighted by molar-refractivity contribution is -0.118. The average Bonchev–Trinajstić information content (AvgIpc) is 2.54. The summed E-state index contributed by atoms with van der Waals surface area (Å²) in [5.41, 5.74) is 1.18. The molecule has 2 rings (SSSR count). The van der Waals surface area contributed by atoms with E-state index in [1.807, 2.05) is 6.07 Å². The van der Waals surface area contributed by atoms with Gasteiger partial charge in [-0.25, -0.2) is 17.9 Å². The lowest BCUT2D eigenvalue weighted by Crippen LogP contribution is -2.41. The molecule has 2 N–H and O–H groups in total. The number of carboxylic acids is 1. The summed E-state index contributed by atoms with van der Waals surface area (Å²) in [6.07, 6.45) is 0.215. The van der Waals surface area contributed by atoms with Crippen LogP contribution in [0.1, 0.15) is 28.4 Å². The third kappa shape index (κ3) is 4.74. The molecule has 0 aliphatic heterocycles. The van der Waals surface area contributed by atoms with E-state index in [0.29, 0.717) is 5.56 Å². The minimum atomic E-state index is -4.03. The lowest BCUT2D eigenvalue weighted by Gasteiger charge is -2.17. The van der Waals surface area contributed by atoms with E-state index in [2.05, 4.69) is 4.72 Å². The number of carbonyl (C=O) groups is 2. The van der Waals surface area contributed by atoms with Crippen LogP contribution in [0.4, 0.5) is 0 Å². The molecule has 0 spiro atoms. The van der Waals surface area contributed by atoms with Crippen LogP contribution in [0.2, 0.25) is 0 Å². The number of Topliss-reactive ketones (excluding diaryl/α,β-unsaturated/α-hetero) is 1. The monoisotopic (exact) mass is 361 g/mol. The number of carboxylic acid groups (broad SMARTS) is 1. The Morgan fingerprint density at radius 1 is 1.12 bits per heavy atom. The fraction of sp³-hybridized carbons (Fsp3) is 0.222. The molecule has 0 amide bonds. The highest BCUT2D eigenvalue weighted by Gasteiger charge is 2.24. The van der Waals surface area contributed by atoms with Crippen LogP contribution in [0.3, 0.4) is 0 Å². The van der Waals surface area contributed by atoms with Crippen molar-refractivity contribution in [2.45, 2.75) is 31.2 Å². The van der Waals surface area contributed by atoms with Gasteiger partial charge in [0.25, 0.3) is 0 Å². The Labute approximate surface area is 146 Å². The van der Waals surface area contributed by atoms with Crippen molar-refractivity contribution >= 4 is 21.8 Å². The number of benzene rings is 2. The summed E-state index contributed by atoms with van der Waals surface area (Å²) in [6, 6.07) is 12.0. The Bertz CT molecular complexity index is 891. The molecular weight excluding hydrogens is 342 g/mol. The molecule has 25 heavy (non-hydrogen) atoms. The average molecular weight is 361 g/mol. The Balaban J connectivity index is 2.30. The zero-order chi connectivity index (χ0) is 18.6. The van der Waals surface area contributed by atoms with Gasteiger partial charge in [0.05, 0.1) is 16.5 Å². The first-order chi connectivity index (χ1) is 11.7. The second-order valence-corrected chi connectivity index (χ2v) is 7.47. The fourth-order valence-corrected chi connectivity index (χ4v) is 3.65. The van der Waals surface area contributed by atoms with Crippen molar-refractivity contribution in [1.82, 2.24) is 4.72 Å². The minimum Gasteiger partial charge on any atom is -0.478 e. The summed E-state index contributed by atoms with van der Waals surface area (Å²) in [4.78, 5) is 22.9. The van der Waals surface area contributed by atoms with Crippen molar-refractivity contribution in [2.75, 3.05) is 0 Å². The van der Waals surface area contributed by atoms with Gasteiger partial charge in [0.1, 0.15) is 5.78 Å². The molecule has 0 heterocycles. The van der Waals surface area contributed by atoms with Gasteiger partial charge in [-0.05, 0) is 43.5 Å². The van der Waals surface area contributed by atoms with Crippen LogP contribution in [-0.2, 0) is 21.2 Å².